The largest absolute Gasteiger partial charge is 0.497 e. The molecule has 0 bridgehead atoms. The molecule has 0 aliphatic carbocycles. The Bertz CT molecular complexity index is 1300. The maximum atomic E-state index is 13.5. The van der Waals surface area contributed by atoms with Crippen LogP contribution in [0.1, 0.15) is 5.56 Å². The number of methoxy groups -OCH3 is 1. The van der Waals surface area contributed by atoms with Crippen molar-refractivity contribution in [1.82, 2.24) is 5.32 Å². The number of carbonyl (C=O) groups is 1. The summed E-state index contributed by atoms with van der Waals surface area (Å²) in [5, 5.41) is 2.71. The molecule has 8 nitrogen and oxygen atoms in total. The Balaban J connectivity index is 1.49. The number of ether oxygens (including phenoxy) is 3. The second-order valence-electron chi connectivity index (χ2n) is 7.88. The number of benzene rings is 3. The number of fused-ring (bicyclic) bond motifs is 1. The highest BCUT2D eigenvalue weighted by atomic mass is 32.2. The highest BCUT2D eigenvalue weighted by Gasteiger charge is 2.37. The number of amides is 1. The van der Waals surface area contributed by atoms with Crippen LogP contribution < -0.4 is 23.8 Å². The van der Waals surface area contributed by atoms with E-state index in [-0.39, 0.29) is 30.4 Å². The van der Waals surface area contributed by atoms with E-state index in [1.54, 1.807) is 30.3 Å². The third kappa shape index (κ3) is 5.48. The van der Waals surface area contributed by atoms with Gasteiger partial charge < -0.3 is 19.5 Å². The lowest BCUT2D eigenvalue weighted by molar-refractivity contribution is -0.127. The summed E-state index contributed by atoms with van der Waals surface area (Å²) >= 11 is 0. The van der Waals surface area contributed by atoms with Crippen LogP contribution >= 0.6 is 0 Å². The molecule has 1 aliphatic rings. The van der Waals surface area contributed by atoms with E-state index < -0.39 is 22.0 Å². The molecule has 1 N–H and O–H groups in total. The van der Waals surface area contributed by atoms with Crippen molar-refractivity contribution in [3.63, 3.8) is 0 Å². The van der Waals surface area contributed by atoms with Crippen molar-refractivity contribution >= 4 is 21.6 Å². The van der Waals surface area contributed by atoms with E-state index >= 15 is 0 Å². The average molecular weight is 501 g/mol. The van der Waals surface area contributed by atoms with Gasteiger partial charge in [-0.1, -0.05) is 6.07 Å². The van der Waals surface area contributed by atoms with Crippen LogP contribution in [0.3, 0.4) is 0 Å². The van der Waals surface area contributed by atoms with Crippen molar-refractivity contribution < 1.29 is 31.8 Å². The summed E-state index contributed by atoms with van der Waals surface area (Å²) in [6, 6.07) is 16.7. The first-order valence-corrected chi connectivity index (χ1v) is 12.3. The van der Waals surface area contributed by atoms with E-state index in [9.17, 15) is 17.6 Å². The van der Waals surface area contributed by atoms with Gasteiger partial charge in [-0.3, -0.25) is 9.10 Å². The SMILES string of the molecule is COc1ccc(S(=O)(=O)N2CC(C(=O)NCCOc3ccc(F)cc3)Oc3cc(C)ccc32)cc1. The van der Waals surface area contributed by atoms with Gasteiger partial charge in [0.15, 0.2) is 6.10 Å². The van der Waals surface area contributed by atoms with E-state index in [0.29, 0.717) is 22.9 Å². The van der Waals surface area contributed by atoms with Crippen molar-refractivity contribution in [1.29, 1.82) is 0 Å². The normalized spacial score (nSPS) is 15.1. The summed E-state index contributed by atoms with van der Waals surface area (Å²) in [5.74, 6) is 0.452. The maximum absolute atomic E-state index is 13.5. The van der Waals surface area contributed by atoms with Crippen LogP contribution in [0, 0.1) is 12.7 Å². The molecule has 1 aliphatic heterocycles. The van der Waals surface area contributed by atoms with Crippen molar-refractivity contribution in [3.8, 4) is 17.2 Å². The number of aryl methyl sites for hydroxylation is 1. The van der Waals surface area contributed by atoms with E-state index in [4.69, 9.17) is 14.2 Å². The van der Waals surface area contributed by atoms with Crippen molar-refractivity contribution in [2.75, 3.05) is 31.1 Å². The van der Waals surface area contributed by atoms with Gasteiger partial charge in [-0.05, 0) is 73.2 Å². The molecule has 1 heterocycles. The molecular formula is C25H25FN2O6S. The van der Waals surface area contributed by atoms with Crippen LogP contribution in [0.15, 0.2) is 71.6 Å². The number of halogens is 1. The quantitative estimate of drug-likeness (QED) is 0.477. The summed E-state index contributed by atoms with van der Waals surface area (Å²) in [5.41, 5.74) is 1.22. The van der Waals surface area contributed by atoms with E-state index in [1.807, 2.05) is 6.92 Å². The van der Waals surface area contributed by atoms with Gasteiger partial charge in [-0.25, -0.2) is 12.8 Å². The average Bonchev–Trinajstić information content (AvgIpc) is 2.86. The molecule has 35 heavy (non-hydrogen) atoms. The highest BCUT2D eigenvalue weighted by molar-refractivity contribution is 7.92. The number of hydrogen-bond donors (Lipinski definition) is 1. The van der Waals surface area contributed by atoms with Crippen LogP contribution in [0.4, 0.5) is 10.1 Å². The van der Waals surface area contributed by atoms with Crippen molar-refractivity contribution in [2.24, 2.45) is 0 Å². The predicted molar refractivity (Wildman–Crippen MR) is 128 cm³/mol. The van der Waals surface area contributed by atoms with Gasteiger partial charge in [0.1, 0.15) is 29.7 Å². The van der Waals surface area contributed by atoms with Gasteiger partial charge >= 0.3 is 0 Å². The Morgan fingerprint density at radius 1 is 1.09 bits per heavy atom. The molecule has 1 amide bonds. The maximum Gasteiger partial charge on any atom is 0.264 e. The topological polar surface area (TPSA) is 94.2 Å². The third-order valence-electron chi connectivity index (χ3n) is 5.41. The number of nitrogens with zero attached hydrogens (tertiary/aromatic N) is 1. The van der Waals surface area contributed by atoms with Crippen molar-refractivity contribution in [2.45, 2.75) is 17.9 Å². The minimum Gasteiger partial charge on any atom is -0.497 e. The number of nitrogens with one attached hydrogen (secondary N) is 1. The number of sulfonamides is 1. The molecule has 1 atom stereocenters. The van der Waals surface area contributed by atoms with Gasteiger partial charge in [0.25, 0.3) is 15.9 Å². The van der Waals surface area contributed by atoms with Gasteiger partial charge in [-0.2, -0.15) is 0 Å². The zero-order valence-electron chi connectivity index (χ0n) is 19.2. The fraction of sp³-hybridized carbons (Fsp3) is 0.240. The summed E-state index contributed by atoms with van der Waals surface area (Å²) in [6.07, 6.45) is -1.07. The molecule has 3 aromatic carbocycles. The van der Waals surface area contributed by atoms with Gasteiger partial charge in [-0.15, -0.1) is 0 Å². The zero-order valence-corrected chi connectivity index (χ0v) is 20.0. The molecule has 0 aromatic heterocycles. The minimum absolute atomic E-state index is 0.0681. The number of anilines is 1. The lowest BCUT2D eigenvalue weighted by Crippen LogP contribution is -2.51. The second-order valence-corrected chi connectivity index (χ2v) is 9.75. The molecule has 4 rings (SSSR count). The Hall–Kier alpha value is -3.79. The first-order chi connectivity index (χ1) is 16.8. The molecule has 1 unspecified atom stereocenters. The summed E-state index contributed by atoms with van der Waals surface area (Å²) < 4.78 is 57.7. The van der Waals surface area contributed by atoms with Crippen LogP contribution in [-0.4, -0.2) is 47.2 Å². The summed E-state index contributed by atoms with van der Waals surface area (Å²) in [7, 11) is -2.48. The van der Waals surface area contributed by atoms with Crippen LogP contribution in [0.5, 0.6) is 17.2 Å². The standard InChI is InChI=1S/C25H25FN2O6S/c1-17-3-12-22-23(15-17)34-24(25(29)27-13-14-33-20-6-4-18(26)5-7-20)16-28(22)35(30,31)21-10-8-19(32-2)9-11-21/h3-12,15,24H,13-14,16H2,1-2H3,(H,27,29). The molecule has 0 radical (unpaired) electrons. The van der Waals surface area contributed by atoms with Crippen LogP contribution in [0.2, 0.25) is 0 Å². The monoisotopic (exact) mass is 500 g/mol. The molecule has 0 spiro atoms. The Labute approximate surface area is 203 Å². The lowest BCUT2D eigenvalue weighted by atomic mass is 10.1. The number of rotatable bonds is 8. The molecule has 10 heteroatoms. The minimum atomic E-state index is -3.98. The van der Waals surface area contributed by atoms with Crippen LogP contribution in [0.25, 0.3) is 0 Å². The predicted octanol–water partition coefficient (Wildman–Crippen LogP) is 3.29. The Morgan fingerprint density at radius 2 is 1.77 bits per heavy atom. The number of hydrogen-bond acceptors (Lipinski definition) is 6. The highest BCUT2D eigenvalue weighted by Crippen LogP contribution is 2.38. The smallest absolute Gasteiger partial charge is 0.264 e. The molecule has 184 valence electrons. The fourth-order valence-electron chi connectivity index (χ4n) is 3.59. The van der Waals surface area contributed by atoms with E-state index in [2.05, 4.69) is 5.32 Å². The van der Waals surface area contributed by atoms with Crippen LogP contribution in [-0.2, 0) is 14.8 Å². The molecule has 0 saturated heterocycles. The Morgan fingerprint density at radius 3 is 2.46 bits per heavy atom. The van der Waals surface area contributed by atoms with E-state index in [1.165, 1.54) is 47.8 Å². The molecule has 3 aromatic rings. The number of carbonyl (C=O) groups excluding carboxylic acids is 1. The molecular weight excluding hydrogens is 475 g/mol. The van der Waals surface area contributed by atoms with Gasteiger partial charge in [0.2, 0.25) is 0 Å². The fourth-order valence-corrected chi connectivity index (χ4v) is 5.06. The first kappa shape index (κ1) is 24.3. The lowest BCUT2D eigenvalue weighted by Gasteiger charge is -2.35. The van der Waals surface area contributed by atoms with Crippen molar-refractivity contribution in [3.05, 3.63) is 78.1 Å². The van der Waals surface area contributed by atoms with E-state index in [0.717, 1.165) is 5.56 Å². The Kier molecular flexibility index (Phi) is 7.11. The summed E-state index contributed by atoms with van der Waals surface area (Å²) in [6.45, 7) is 1.95. The second kappa shape index (κ2) is 10.2. The van der Waals surface area contributed by atoms with Gasteiger partial charge in [0.05, 0.1) is 30.8 Å². The first-order valence-electron chi connectivity index (χ1n) is 10.9. The molecule has 0 saturated carbocycles. The zero-order chi connectivity index (χ0) is 25.0. The third-order valence-corrected chi connectivity index (χ3v) is 7.20. The van der Waals surface area contributed by atoms with Gasteiger partial charge in [0, 0.05) is 0 Å². The molecule has 0 fully saturated rings. The summed E-state index contributed by atoms with van der Waals surface area (Å²) in [4.78, 5) is 12.9.